The van der Waals surface area contributed by atoms with Gasteiger partial charge < -0.3 is 20.2 Å². The molecule has 3 N–H and O–H groups in total. The van der Waals surface area contributed by atoms with E-state index in [0.29, 0.717) is 18.4 Å². The molecule has 1 saturated carbocycles. The van der Waals surface area contributed by atoms with Gasteiger partial charge in [-0.2, -0.15) is 0 Å². The van der Waals surface area contributed by atoms with Crippen molar-refractivity contribution < 1.29 is 14.3 Å². The Kier molecular flexibility index (Phi) is 6.26. The maximum atomic E-state index is 12.0. The van der Waals surface area contributed by atoms with E-state index in [2.05, 4.69) is 10.6 Å². The molecule has 118 valence electrons. The van der Waals surface area contributed by atoms with Gasteiger partial charge in [-0.05, 0) is 50.3 Å². The van der Waals surface area contributed by atoms with Gasteiger partial charge in [-0.25, -0.2) is 0 Å². The summed E-state index contributed by atoms with van der Waals surface area (Å²) in [6.45, 7) is 3.33. The number of amides is 1. The molecule has 0 spiro atoms. The summed E-state index contributed by atoms with van der Waals surface area (Å²) in [4.78, 5) is 12.0. The normalized spacial score (nSPS) is 23.7. The van der Waals surface area contributed by atoms with Gasteiger partial charge in [0.1, 0.15) is 5.76 Å². The Hall–Kier alpha value is -1.33. The molecule has 1 aromatic rings. The van der Waals surface area contributed by atoms with Crippen molar-refractivity contribution in [1.82, 2.24) is 10.6 Å². The number of aliphatic hydroxyl groups is 1. The molecule has 0 aliphatic heterocycles. The fourth-order valence-electron chi connectivity index (χ4n) is 2.95. The molecule has 1 heterocycles. The Bertz CT molecular complexity index is 419. The molecule has 5 nitrogen and oxygen atoms in total. The van der Waals surface area contributed by atoms with Crippen LogP contribution in [-0.4, -0.2) is 30.2 Å². The summed E-state index contributed by atoms with van der Waals surface area (Å²) in [6.07, 6.45) is 6.27. The Balaban J connectivity index is 1.70. The van der Waals surface area contributed by atoms with E-state index in [0.717, 1.165) is 25.1 Å². The molecule has 1 aliphatic carbocycles. The lowest BCUT2D eigenvalue weighted by atomic mass is 9.79. The van der Waals surface area contributed by atoms with Crippen molar-refractivity contribution >= 4 is 5.91 Å². The van der Waals surface area contributed by atoms with Crippen LogP contribution >= 0.6 is 0 Å². The second kappa shape index (κ2) is 8.20. The Morgan fingerprint density at radius 1 is 1.43 bits per heavy atom. The fraction of sp³-hybridized carbons (Fsp3) is 0.688. The minimum absolute atomic E-state index is 0.0252. The van der Waals surface area contributed by atoms with Gasteiger partial charge in [0.2, 0.25) is 5.91 Å². The average molecular weight is 294 g/mol. The van der Waals surface area contributed by atoms with Crippen LogP contribution in [0.2, 0.25) is 0 Å². The largest absolute Gasteiger partial charge is 0.467 e. The summed E-state index contributed by atoms with van der Waals surface area (Å²) in [5.41, 5.74) is 0. The molecule has 1 aromatic heterocycles. The first-order valence-electron chi connectivity index (χ1n) is 7.85. The zero-order valence-corrected chi connectivity index (χ0v) is 12.7. The molecule has 5 heteroatoms. The van der Waals surface area contributed by atoms with Crippen LogP contribution in [0.1, 0.15) is 38.4 Å². The fourth-order valence-corrected chi connectivity index (χ4v) is 2.95. The molecule has 0 aromatic carbocycles. The van der Waals surface area contributed by atoms with Crippen LogP contribution in [0.5, 0.6) is 0 Å². The number of nitrogens with one attached hydrogen (secondary N) is 2. The number of hydrogen-bond acceptors (Lipinski definition) is 4. The van der Waals surface area contributed by atoms with Crippen LogP contribution in [0.15, 0.2) is 22.8 Å². The molecular formula is C16H26N2O3. The van der Waals surface area contributed by atoms with E-state index in [9.17, 15) is 9.90 Å². The van der Waals surface area contributed by atoms with E-state index in [1.807, 2.05) is 13.0 Å². The van der Waals surface area contributed by atoms with E-state index in [1.54, 1.807) is 12.3 Å². The Labute approximate surface area is 126 Å². The molecule has 3 unspecified atom stereocenters. The van der Waals surface area contributed by atoms with Gasteiger partial charge in [0.05, 0.1) is 18.8 Å². The minimum Gasteiger partial charge on any atom is -0.467 e. The van der Waals surface area contributed by atoms with Crippen molar-refractivity contribution in [1.29, 1.82) is 0 Å². The number of carbonyl (C=O) groups excluding carboxylic acids is 1. The molecule has 1 fully saturated rings. The highest BCUT2D eigenvalue weighted by Crippen LogP contribution is 2.29. The lowest BCUT2D eigenvalue weighted by molar-refractivity contribution is -0.123. The van der Waals surface area contributed by atoms with Gasteiger partial charge in [0.15, 0.2) is 0 Å². The van der Waals surface area contributed by atoms with E-state index in [1.165, 1.54) is 12.8 Å². The van der Waals surface area contributed by atoms with Crippen LogP contribution in [0.25, 0.3) is 0 Å². The number of aliphatic hydroxyl groups excluding tert-OH is 1. The smallest absolute Gasteiger partial charge is 0.237 e. The molecule has 21 heavy (non-hydrogen) atoms. The summed E-state index contributed by atoms with van der Waals surface area (Å²) in [5.74, 6) is 1.58. The van der Waals surface area contributed by atoms with Gasteiger partial charge >= 0.3 is 0 Å². The average Bonchev–Trinajstić information content (AvgIpc) is 3.03. The summed E-state index contributed by atoms with van der Waals surface area (Å²) < 4.78 is 5.18. The molecule has 0 radical (unpaired) electrons. The molecular weight excluding hydrogens is 268 g/mol. The van der Waals surface area contributed by atoms with Crippen LogP contribution < -0.4 is 10.6 Å². The zero-order valence-electron chi connectivity index (χ0n) is 12.7. The number of carbonyl (C=O) groups is 1. The van der Waals surface area contributed by atoms with E-state index >= 15 is 0 Å². The highest BCUT2D eigenvalue weighted by Gasteiger charge is 2.25. The van der Waals surface area contributed by atoms with Gasteiger partial charge in [0, 0.05) is 6.61 Å². The third-order valence-corrected chi connectivity index (χ3v) is 4.40. The highest BCUT2D eigenvalue weighted by molar-refractivity contribution is 5.81. The number of hydrogen-bond donors (Lipinski definition) is 3. The quantitative estimate of drug-likeness (QED) is 0.715. The maximum absolute atomic E-state index is 12.0. The van der Waals surface area contributed by atoms with Crippen molar-refractivity contribution in [2.24, 2.45) is 11.8 Å². The molecule has 1 aliphatic rings. The van der Waals surface area contributed by atoms with Crippen molar-refractivity contribution in [2.75, 3.05) is 13.2 Å². The van der Waals surface area contributed by atoms with Gasteiger partial charge in [-0.15, -0.1) is 0 Å². The molecule has 3 atom stereocenters. The van der Waals surface area contributed by atoms with Crippen molar-refractivity contribution in [3.05, 3.63) is 24.2 Å². The first-order valence-corrected chi connectivity index (χ1v) is 7.85. The summed E-state index contributed by atoms with van der Waals surface area (Å²) in [6, 6.07) is 3.41. The van der Waals surface area contributed by atoms with Crippen LogP contribution in [0.3, 0.4) is 0 Å². The van der Waals surface area contributed by atoms with Gasteiger partial charge in [-0.1, -0.05) is 12.8 Å². The summed E-state index contributed by atoms with van der Waals surface area (Å²) in [5, 5.41) is 15.6. The van der Waals surface area contributed by atoms with E-state index in [4.69, 9.17) is 4.42 Å². The third-order valence-electron chi connectivity index (χ3n) is 4.40. The zero-order chi connectivity index (χ0) is 15.1. The molecule has 2 rings (SSSR count). The Morgan fingerprint density at radius 2 is 2.19 bits per heavy atom. The van der Waals surface area contributed by atoms with Crippen molar-refractivity contribution in [3.63, 3.8) is 0 Å². The van der Waals surface area contributed by atoms with Crippen LogP contribution in [0, 0.1) is 11.8 Å². The number of furan rings is 1. The second-order valence-corrected chi connectivity index (χ2v) is 5.91. The maximum Gasteiger partial charge on any atom is 0.237 e. The Morgan fingerprint density at radius 3 is 2.86 bits per heavy atom. The highest BCUT2D eigenvalue weighted by atomic mass is 16.3. The molecule has 0 bridgehead atoms. The van der Waals surface area contributed by atoms with Crippen LogP contribution in [0.4, 0.5) is 0 Å². The topological polar surface area (TPSA) is 74.5 Å². The molecule has 1 amide bonds. The van der Waals surface area contributed by atoms with E-state index in [-0.39, 0.29) is 18.6 Å². The lowest BCUT2D eigenvalue weighted by Crippen LogP contribution is -2.45. The predicted molar refractivity (Wildman–Crippen MR) is 80.6 cm³/mol. The summed E-state index contributed by atoms with van der Waals surface area (Å²) >= 11 is 0. The van der Waals surface area contributed by atoms with Gasteiger partial charge in [-0.3, -0.25) is 4.79 Å². The predicted octanol–water partition coefficient (Wildman–Crippen LogP) is 1.67. The third kappa shape index (κ3) is 4.86. The van der Waals surface area contributed by atoms with Gasteiger partial charge in [0.25, 0.3) is 0 Å². The van der Waals surface area contributed by atoms with Crippen LogP contribution in [-0.2, 0) is 11.3 Å². The minimum atomic E-state index is -0.235. The van der Waals surface area contributed by atoms with E-state index < -0.39 is 0 Å². The summed E-state index contributed by atoms with van der Waals surface area (Å²) in [7, 11) is 0. The first kappa shape index (κ1) is 16.0. The standard InChI is InChI=1S/C16H26N2O3/c1-12(16(20)18-10-15-7-4-8-21-15)17-9-13-5-2-3-6-14(13)11-19/h4,7-8,12-14,17,19H,2-3,5-6,9-11H2,1H3,(H,18,20). The van der Waals surface area contributed by atoms with Crippen molar-refractivity contribution in [3.8, 4) is 0 Å². The first-order chi connectivity index (χ1) is 10.2. The SMILES string of the molecule is CC(NCC1CCCCC1CO)C(=O)NCc1ccco1. The van der Waals surface area contributed by atoms with Crippen molar-refractivity contribution in [2.45, 2.75) is 45.2 Å². The lowest BCUT2D eigenvalue weighted by Gasteiger charge is -2.31. The monoisotopic (exact) mass is 294 g/mol. The molecule has 0 saturated heterocycles. The number of rotatable bonds is 7. The second-order valence-electron chi connectivity index (χ2n) is 5.91.